The van der Waals surface area contributed by atoms with E-state index in [0.717, 1.165) is 37.6 Å². The van der Waals surface area contributed by atoms with Crippen molar-refractivity contribution in [2.45, 2.75) is 0 Å². The van der Waals surface area contributed by atoms with E-state index >= 15 is 0 Å². The third-order valence-corrected chi connectivity index (χ3v) is 4.96. The number of non-ortho nitro benzene ring substituents is 1. The minimum atomic E-state index is -0.440. The number of anilines is 1. The van der Waals surface area contributed by atoms with Crippen molar-refractivity contribution >= 4 is 27.8 Å². The van der Waals surface area contributed by atoms with E-state index in [1.54, 1.807) is 16.6 Å². The van der Waals surface area contributed by atoms with Crippen molar-refractivity contribution in [3.8, 4) is 10.6 Å². The minimum Gasteiger partial charge on any atom is -0.354 e. The van der Waals surface area contributed by atoms with E-state index in [1.807, 2.05) is 0 Å². The van der Waals surface area contributed by atoms with Crippen LogP contribution in [-0.2, 0) is 0 Å². The zero-order valence-electron chi connectivity index (χ0n) is 13.1. The summed E-state index contributed by atoms with van der Waals surface area (Å²) in [4.78, 5) is 28.9. The van der Waals surface area contributed by atoms with Gasteiger partial charge >= 0.3 is 0 Å². The average molecular weight is 358 g/mol. The van der Waals surface area contributed by atoms with Crippen molar-refractivity contribution in [3.05, 3.63) is 50.8 Å². The maximum atomic E-state index is 11.9. The third kappa shape index (κ3) is 2.96. The zero-order valence-corrected chi connectivity index (χ0v) is 13.9. The maximum Gasteiger partial charge on any atom is 0.276 e. The van der Waals surface area contributed by atoms with Gasteiger partial charge in [0.05, 0.1) is 4.92 Å². The van der Waals surface area contributed by atoms with Gasteiger partial charge in [0.15, 0.2) is 0 Å². The molecule has 0 unspecified atom stereocenters. The highest BCUT2D eigenvalue weighted by atomic mass is 32.1. The number of nitro benzene ring substituents is 1. The summed E-state index contributed by atoms with van der Waals surface area (Å²) in [5.41, 5.74) is 0.478. The molecule has 1 N–H and O–H groups in total. The predicted octanol–water partition coefficient (Wildman–Crippen LogP) is 1.14. The second kappa shape index (κ2) is 6.22. The average Bonchev–Trinajstić information content (AvgIpc) is 3.05. The molecule has 25 heavy (non-hydrogen) atoms. The first-order valence-corrected chi connectivity index (χ1v) is 8.55. The molecule has 1 aliphatic rings. The lowest BCUT2D eigenvalue weighted by Gasteiger charge is -2.28. The quantitative estimate of drug-likeness (QED) is 0.553. The van der Waals surface area contributed by atoms with Gasteiger partial charge in [0.25, 0.3) is 11.2 Å². The minimum absolute atomic E-state index is 0.0268. The van der Waals surface area contributed by atoms with Crippen LogP contribution in [0.1, 0.15) is 0 Å². The molecule has 3 heterocycles. The lowest BCUT2D eigenvalue weighted by Crippen LogP contribution is -2.44. The number of piperazine rings is 1. The molecule has 0 aliphatic carbocycles. The van der Waals surface area contributed by atoms with Crippen molar-refractivity contribution < 1.29 is 4.92 Å². The Balaban J connectivity index is 1.79. The monoisotopic (exact) mass is 358 g/mol. The molecule has 10 heteroatoms. The first-order valence-electron chi connectivity index (χ1n) is 7.73. The molecule has 4 rings (SSSR count). The van der Waals surface area contributed by atoms with Gasteiger partial charge in [0, 0.05) is 49.9 Å². The topological polar surface area (TPSA) is 106 Å². The Bertz CT molecular complexity index is 991. The molecule has 128 valence electrons. The number of hydrogen-bond acceptors (Lipinski definition) is 8. The summed E-state index contributed by atoms with van der Waals surface area (Å²) in [5, 5.41) is 19.3. The van der Waals surface area contributed by atoms with Crippen LogP contribution in [-0.4, -0.2) is 45.7 Å². The number of rotatable bonds is 3. The van der Waals surface area contributed by atoms with Gasteiger partial charge in [-0.2, -0.15) is 14.6 Å². The number of hydrogen-bond donors (Lipinski definition) is 1. The number of nitrogens with zero attached hydrogens (tertiary/aromatic N) is 5. The molecule has 1 aliphatic heterocycles. The van der Waals surface area contributed by atoms with Gasteiger partial charge in [-0.3, -0.25) is 14.9 Å². The summed E-state index contributed by atoms with van der Waals surface area (Å²) in [7, 11) is 0. The summed E-state index contributed by atoms with van der Waals surface area (Å²) < 4.78 is 1.67. The molecule has 0 radical (unpaired) electrons. The molecule has 1 saturated heterocycles. The molecular weight excluding hydrogens is 344 g/mol. The molecule has 3 aromatic rings. The van der Waals surface area contributed by atoms with Gasteiger partial charge < -0.3 is 10.2 Å². The Morgan fingerprint density at radius 3 is 2.60 bits per heavy atom. The van der Waals surface area contributed by atoms with E-state index in [4.69, 9.17) is 0 Å². The highest BCUT2D eigenvalue weighted by Gasteiger charge is 2.18. The Morgan fingerprint density at radius 1 is 1.20 bits per heavy atom. The van der Waals surface area contributed by atoms with Crippen LogP contribution in [0, 0.1) is 10.1 Å². The van der Waals surface area contributed by atoms with Crippen LogP contribution in [0.2, 0.25) is 0 Å². The van der Waals surface area contributed by atoms with Gasteiger partial charge in [-0.15, -0.1) is 0 Å². The molecule has 9 nitrogen and oxygen atoms in total. The standard InChI is InChI=1S/C15H14N6O3S/c22-12-9-13(19-7-5-16-6-8-19)20-15(17-12)25-14(18-20)10-1-3-11(4-2-10)21(23)24/h1-4,9,16H,5-8H2. The van der Waals surface area contributed by atoms with Crippen LogP contribution in [0.25, 0.3) is 15.5 Å². The maximum absolute atomic E-state index is 11.9. The Kier molecular flexibility index (Phi) is 3.90. The van der Waals surface area contributed by atoms with Crippen LogP contribution in [0.15, 0.2) is 35.1 Å². The van der Waals surface area contributed by atoms with Crippen LogP contribution in [0.4, 0.5) is 11.5 Å². The van der Waals surface area contributed by atoms with Crippen molar-refractivity contribution in [2.24, 2.45) is 0 Å². The molecule has 1 aromatic carbocycles. The molecule has 0 bridgehead atoms. The van der Waals surface area contributed by atoms with E-state index in [9.17, 15) is 14.9 Å². The van der Waals surface area contributed by atoms with Crippen molar-refractivity contribution in [2.75, 3.05) is 31.1 Å². The fourth-order valence-electron chi connectivity index (χ4n) is 2.76. The van der Waals surface area contributed by atoms with Crippen LogP contribution in [0.3, 0.4) is 0 Å². The van der Waals surface area contributed by atoms with Crippen LogP contribution in [0.5, 0.6) is 0 Å². The van der Waals surface area contributed by atoms with Crippen LogP contribution >= 0.6 is 11.3 Å². The number of aromatic nitrogens is 3. The van der Waals surface area contributed by atoms with Gasteiger partial charge in [-0.05, 0) is 12.1 Å². The largest absolute Gasteiger partial charge is 0.354 e. The fourth-order valence-corrected chi connectivity index (χ4v) is 3.67. The van der Waals surface area contributed by atoms with Gasteiger partial charge in [-0.25, -0.2) is 0 Å². The SMILES string of the molecule is O=c1cc(N2CCNCC2)n2nc(-c3ccc([N+](=O)[O-])cc3)sc2n1. The molecule has 0 spiro atoms. The summed E-state index contributed by atoms with van der Waals surface area (Å²) in [6.07, 6.45) is 0. The Hall–Kier alpha value is -2.85. The van der Waals surface area contributed by atoms with Crippen molar-refractivity contribution in [3.63, 3.8) is 0 Å². The van der Waals surface area contributed by atoms with E-state index in [-0.39, 0.29) is 11.2 Å². The van der Waals surface area contributed by atoms with Gasteiger partial charge in [-0.1, -0.05) is 11.3 Å². The number of nitrogens with one attached hydrogen (secondary N) is 1. The molecule has 1 fully saturated rings. The summed E-state index contributed by atoms with van der Waals surface area (Å²) in [6, 6.07) is 7.68. The highest BCUT2D eigenvalue weighted by molar-refractivity contribution is 7.19. The smallest absolute Gasteiger partial charge is 0.276 e. The zero-order chi connectivity index (χ0) is 17.4. The van der Waals surface area contributed by atoms with Crippen molar-refractivity contribution in [1.82, 2.24) is 19.9 Å². The summed E-state index contributed by atoms with van der Waals surface area (Å²) in [5.74, 6) is 0.723. The van der Waals surface area contributed by atoms with E-state index in [0.29, 0.717) is 9.97 Å². The molecule has 2 aromatic heterocycles. The lowest BCUT2D eigenvalue weighted by atomic mass is 10.2. The normalized spacial score (nSPS) is 14.8. The van der Waals surface area contributed by atoms with E-state index in [2.05, 4.69) is 20.3 Å². The van der Waals surface area contributed by atoms with E-state index in [1.165, 1.54) is 29.5 Å². The first-order chi connectivity index (χ1) is 12.1. The van der Waals surface area contributed by atoms with Gasteiger partial charge in [0.1, 0.15) is 10.8 Å². The number of nitro groups is 1. The number of benzene rings is 1. The fraction of sp³-hybridized carbons (Fsp3) is 0.267. The van der Waals surface area contributed by atoms with Crippen molar-refractivity contribution in [1.29, 1.82) is 0 Å². The van der Waals surface area contributed by atoms with Crippen LogP contribution < -0.4 is 15.8 Å². The third-order valence-electron chi connectivity index (χ3n) is 4.00. The number of fused-ring (bicyclic) bond motifs is 1. The highest BCUT2D eigenvalue weighted by Crippen LogP contribution is 2.28. The second-order valence-electron chi connectivity index (χ2n) is 5.60. The lowest BCUT2D eigenvalue weighted by molar-refractivity contribution is -0.384. The molecule has 0 saturated carbocycles. The second-order valence-corrected chi connectivity index (χ2v) is 6.55. The summed E-state index contributed by atoms with van der Waals surface area (Å²) in [6.45, 7) is 3.27. The predicted molar refractivity (Wildman–Crippen MR) is 94.3 cm³/mol. The molecule has 0 amide bonds. The van der Waals surface area contributed by atoms with Gasteiger partial charge in [0.2, 0.25) is 4.96 Å². The first kappa shape index (κ1) is 15.7. The summed E-state index contributed by atoms with van der Waals surface area (Å²) >= 11 is 1.29. The Morgan fingerprint density at radius 2 is 1.92 bits per heavy atom. The van der Waals surface area contributed by atoms with E-state index < -0.39 is 4.92 Å². The Labute approximate surface area is 145 Å². The molecular formula is C15H14N6O3S. The molecule has 0 atom stereocenters.